The molecule has 22 heavy (non-hydrogen) atoms. The van der Waals surface area contributed by atoms with E-state index in [1.165, 1.54) is 21.7 Å². The zero-order chi connectivity index (χ0) is 16.3. The number of aromatic nitrogens is 3. The molecular formula is C11H20N8S3. The fourth-order valence-corrected chi connectivity index (χ4v) is 3.77. The van der Waals surface area contributed by atoms with Gasteiger partial charge in [-0.25, -0.2) is 5.84 Å². The Bertz CT molecular complexity index is 566. The van der Waals surface area contributed by atoms with Gasteiger partial charge in [-0.3, -0.25) is 5.84 Å². The van der Waals surface area contributed by atoms with E-state index in [0.717, 1.165) is 32.1 Å². The van der Waals surface area contributed by atoms with Crippen LogP contribution in [0.1, 0.15) is 32.1 Å². The Morgan fingerprint density at radius 3 is 2.50 bits per heavy atom. The van der Waals surface area contributed by atoms with Gasteiger partial charge in [0, 0.05) is 0 Å². The standard InChI is InChI=1S/C11H20N8S3/c1-22-10-15-9(12)19(17-10)18(14)8(21)11(7(20)16-13)5-3-2-4-6-11/h2-6,13-14H2,1H3,(H,16,20)(H2,12,15,17). The number of thioether (sulfide) groups is 1. The minimum absolute atomic E-state index is 0.173. The van der Waals surface area contributed by atoms with Crippen LogP contribution in [0.4, 0.5) is 5.95 Å². The van der Waals surface area contributed by atoms with Crippen LogP contribution in [0, 0.1) is 5.41 Å². The molecule has 0 saturated heterocycles. The van der Waals surface area contributed by atoms with E-state index in [1.54, 1.807) is 0 Å². The summed E-state index contributed by atoms with van der Waals surface area (Å²) in [4.78, 5) is 6.34. The first-order chi connectivity index (χ1) is 10.5. The zero-order valence-electron chi connectivity index (χ0n) is 12.3. The van der Waals surface area contributed by atoms with Crippen LogP contribution in [0.25, 0.3) is 0 Å². The number of hydrogen-bond acceptors (Lipinski definition) is 8. The van der Waals surface area contributed by atoms with Crippen LogP contribution in [0.3, 0.4) is 0 Å². The van der Waals surface area contributed by atoms with Gasteiger partial charge in [0.05, 0.1) is 5.41 Å². The lowest BCUT2D eigenvalue weighted by atomic mass is 9.73. The van der Waals surface area contributed by atoms with Gasteiger partial charge in [-0.05, 0) is 19.1 Å². The molecule has 0 amide bonds. The van der Waals surface area contributed by atoms with Gasteiger partial charge in [0.1, 0.15) is 9.98 Å². The molecule has 0 radical (unpaired) electrons. The van der Waals surface area contributed by atoms with Crippen LogP contribution in [0.15, 0.2) is 5.16 Å². The second-order valence-corrected chi connectivity index (χ2v) is 6.68. The second kappa shape index (κ2) is 7.04. The Kier molecular flexibility index (Phi) is 5.55. The molecule has 0 unspecified atom stereocenters. The summed E-state index contributed by atoms with van der Waals surface area (Å²) in [5.41, 5.74) is 7.88. The minimum atomic E-state index is -0.551. The summed E-state index contributed by atoms with van der Waals surface area (Å²) >= 11 is 12.4. The Morgan fingerprint density at radius 1 is 1.36 bits per heavy atom. The maximum Gasteiger partial charge on any atom is 0.242 e. The van der Waals surface area contributed by atoms with E-state index in [-0.39, 0.29) is 5.95 Å². The van der Waals surface area contributed by atoms with Crippen molar-refractivity contribution in [2.45, 2.75) is 37.3 Å². The van der Waals surface area contributed by atoms with Crippen molar-refractivity contribution in [2.75, 3.05) is 17.1 Å². The zero-order valence-corrected chi connectivity index (χ0v) is 14.7. The van der Waals surface area contributed by atoms with Crippen LogP contribution < -0.4 is 28.0 Å². The average molecular weight is 361 g/mol. The molecule has 11 heteroatoms. The molecule has 1 aliphatic rings. The van der Waals surface area contributed by atoms with Gasteiger partial charge >= 0.3 is 0 Å². The molecule has 0 aromatic carbocycles. The lowest BCUT2D eigenvalue weighted by Gasteiger charge is -2.40. The van der Waals surface area contributed by atoms with E-state index in [4.69, 9.17) is 41.9 Å². The summed E-state index contributed by atoms with van der Waals surface area (Å²) in [6.45, 7) is 0. The first-order valence-corrected chi connectivity index (χ1v) is 8.87. The number of nitrogens with one attached hydrogen (secondary N) is 1. The number of nitrogens with two attached hydrogens (primary N) is 3. The number of hydrogen-bond donors (Lipinski definition) is 4. The van der Waals surface area contributed by atoms with Gasteiger partial charge in [0.15, 0.2) is 0 Å². The predicted octanol–water partition coefficient (Wildman–Crippen LogP) is 0.462. The maximum atomic E-state index is 6.15. The Labute approximate surface area is 144 Å². The molecule has 122 valence electrons. The summed E-state index contributed by atoms with van der Waals surface area (Å²) < 4.78 is 0. The van der Waals surface area contributed by atoms with Crippen molar-refractivity contribution < 1.29 is 0 Å². The molecule has 0 spiro atoms. The number of nitrogens with zero attached hydrogens (tertiary/aromatic N) is 4. The van der Waals surface area contributed by atoms with Crippen LogP contribution in [0.2, 0.25) is 0 Å². The number of anilines is 1. The molecule has 2 rings (SSSR count). The van der Waals surface area contributed by atoms with Crippen molar-refractivity contribution in [2.24, 2.45) is 17.1 Å². The third-order valence-electron chi connectivity index (χ3n) is 3.87. The molecule has 1 heterocycles. The van der Waals surface area contributed by atoms with Gasteiger partial charge in [-0.2, -0.15) is 10.1 Å². The van der Waals surface area contributed by atoms with Gasteiger partial charge in [-0.15, -0.1) is 9.89 Å². The van der Waals surface area contributed by atoms with Crippen LogP contribution >= 0.6 is 36.2 Å². The van der Waals surface area contributed by atoms with Crippen molar-refractivity contribution >= 4 is 52.1 Å². The van der Waals surface area contributed by atoms with Crippen LogP contribution in [-0.4, -0.2) is 31.1 Å². The van der Waals surface area contributed by atoms with Crippen molar-refractivity contribution in [3.05, 3.63) is 0 Å². The maximum absolute atomic E-state index is 6.15. The highest BCUT2D eigenvalue weighted by Gasteiger charge is 2.43. The summed E-state index contributed by atoms with van der Waals surface area (Å²) in [7, 11) is 0. The van der Waals surface area contributed by atoms with E-state index in [9.17, 15) is 0 Å². The van der Waals surface area contributed by atoms with Gasteiger partial charge in [-0.1, -0.05) is 55.5 Å². The quantitative estimate of drug-likeness (QED) is 0.260. The van der Waals surface area contributed by atoms with E-state index < -0.39 is 5.41 Å². The highest BCUT2D eigenvalue weighted by atomic mass is 32.2. The van der Waals surface area contributed by atoms with Crippen LogP contribution in [-0.2, 0) is 0 Å². The molecule has 1 fully saturated rings. The fourth-order valence-electron chi connectivity index (χ4n) is 2.68. The molecule has 8 nitrogen and oxygen atoms in total. The highest BCUT2D eigenvalue weighted by molar-refractivity contribution is 7.98. The monoisotopic (exact) mass is 360 g/mol. The fraction of sp³-hybridized carbons (Fsp3) is 0.636. The lowest BCUT2D eigenvalue weighted by Crippen LogP contribution is -2.59. The van der Waals surface area contributed by atoms with Crippen molar-refractivity contribution in [3.8, 4) is 0 Å². The molecule has 0 bridgehead atoms. The molecule has 0 aliphatic heterocycles. The molecule has 1 aromatic rings. The SMILES string of the molecule is CSc1nc(N)n(N(N)C(=S)C2(C(=S)NN)CCCCC2)n1. The largest absolute Gasteiger partial charge is 0.366 e. The molecular weight excluding hydrogens is 340 g/mol. The molecule has 1 saturated carbocycles. The minimum Gasteiger partial charge on any atom is -0.366 e. The first-order valence-electron chi connectivity index (χ1n) is 6.83. The Hall–Kier alpha value is -1.01. The molecule has 1 aliphatic carbocycles. The van der Waals surface area contributed by atoms with Crippen molar-refractivity contribution in [1.82, 2.24) is 20.3 Å². The smallest absolute Gasteiger partial charge is 0.242 e. The summed E-state index contributed by atoms with van der Waals surface area (Å²) in [5, 5.41) is 5.99. The van der Waals surface area contributed by atoms with Gasteiger partial charge in [0.2, 0.25) is 11.1 Å². The number of hydrazine groups is 2. The molecule has 7 N–H and O–H groups in total. The van der Waals surface area contributed by atoms with E-state index in [1.807, 2.05) is 6.26 Å². The summed E-state index contributed by atoms with van der Waals surface area (Å²) in [6.07, 6.45) is 6.62. The third kappa shape index (κ3) is 3.04. The van der Waals surface area contributed by atoms with Crippen molar-refractivity contribution in [1.29, 1.82) is 0 Å². The first kappa shape index (κ1) is 17.3. The summed E-state index contributed by atoms with van der Waals surface area (Å²) in [6, 6.07) is 0. The molecule has 1 aromatic heterocycles. The van der Waals surface area contributed by atoms with E-state index in [2.05, 4.69) is 15.5 Å². The lowest BCUT2D eigenvalue weighted by molar-refractivity contribution is 0.366. The summed E-state index contributed by atoms with van der Waals surface area (Å²) in [5.74, 6) is 11.9. The van der Waals surface area contributed by atoms with Crippen molar-refractivity contribution in [3.63, 3.8) is 0 Å². The normalized spacial score (nSPS) is 17.0. The second-order valence-electron chi connectivity index (χ2n) is 5.11. The predicted molar refractivity (Wildman–Crippen MR) is 96.7 cm³/mol. The average Bonchev–Trinajstić information content (AvgIpc) is 2.94. The van der Waals surface area contributed by atoms with Gasteiger partial charge in [0.25, 0.3) is 0 Å². The number of thiocarbonyl (C=S) groups is 2. The Balaban J connectivity index is 2.33. The molecule has 0 atom stereocenters. The number of nitrogen functional groups attached to an aromatic ring is 1. The van der Waals surface area contributed by atoms with E-state index >= 15 is 0 Å². The van der Waals surface area contributed by atoms with Crippen LogP contribution in [0.5, 0.6) is 0 Å². The van der Waals surface area contributed by atoms with Gasteiger partial charge < -0.3 is 11.2 Å². The van der Waals surface area contributed by atoms with E-state index in [0.29, 0.717) is 15.1 Å². The highest BCUT2D eigenvalue weighted by Crippen LogP contribution is 2.39. The third-order valence-corrected chi connectivity index (χ3v) is 5.50. The number of rotatable bonds is 4. The Morgan fingerprint density at radius 2 is 2.00 bits per heavy atom. The topological polar surface area (TPSA) is 124 Å².